The first-order valence-corrected chi connectivity index (χ1v) is 11.1. The standard InChI is InChI=1S/C23H33N3O3/c1-17-15-20(17)21-8-6-19(29-21)7-9-22(27)25-13-11-24(12-14-25)16-23(28)26-10-4-3-5-18(26)2/h6-9,17-18,20H,3-5,10-16H2,1-2H3/b9-7+/t17-,18-,20+/m1/s1. The molecule has 0 bridgehead atoms. The molecule has 2 aliphatic heterocycles. The van der Waals surface area contributed by atoms with Gasteiger partial charge in [0.15, 0.2) is 0 Å². The van der Waals surface area contributed by atoms with Gasteiger partial charge in [0.2, 0.25) is 11.8 Å². The highest BCUT2D eigenvalue weighted by Gasteiger charge is 2.36. The van der Waals surface area contributed by atoms with Crippen LogP contribution in [0.2, 0.25) is 0 Å². The first-order chi connectivity index (χ1) is 14.0. The predicted molar refractivity (Wildman–Crippen MR) is 112 cm³/mol. The van der Waals surface area contributed by atoms with E-state index in [1.807, 2.05) is 21.9 Å². The zero-order chi connectivity index (χ0) is 20.4. The fourth-order valence-electron chi connectivity index (χ4n) is 4.51. The number of furan rings is 1. The topological polar surface area (TPSA) is 57.0 Å². The summed E-state index contributed by atoms with van der Waals surface area (Å²) in [6, 6.07) is 4.32. The van der Waals surface area contributed by atoms with Gasteiger partial charge in [-0.15, -0.1) is 0 Å². The molecular formula is C23H33N3O3. The average Bonchev–Trinajstić information content (AvgIpc) is 3.26. The summed E-state index contributed by atoms with van der Waals surface area (Å²) < 4.78 is 5.83. The second-order valence-electron chi connectivity index (χ2n) is 8.93. The van der Waals surface area contributed by atoms with Crippen LogP contribution in [0, 0.1) is 5.92 Å². The molecule has 29 heavy (non-hydrogen) atoms. The van der Waals surface area contributed by atoms with E-state index in [9.17, 15) is 9.59 Å². The van der Waals surface area contributed by atoms with Crippen molar-refractivity contribution in [3.05, 3.63) is 29.7 Å². The molecule has 2 amide bonds. The van der Waals surface area contributed by atoms with Crippen molar-refractivity contribution in [1.29, 1.82) is 0 Å². The van der Waals surface area contributed by atoms with E-state index in [2.05, 4.69) is 18.7 Å². The van der Waals surface area contributed by atoms with Crippen LogP contribution in [0.3, 0.4) is 0 Å². The fraction of sp³-hybridized carbons (Fsp3) is 0.652. The summed E-state index contributed by atoms with van der Waals surface area (Å²) in [5, 5.41) is 0. The molecule has 0 radical (unpaired) electrons. The second-order valence-corrected chi connectivity index (χ2v) is 8.93. The summed E-state index contributed by atoms with van der Waals surface area (Å²) in [5.41, 5.74) is 0. The van der Waals surface area contributed by atoms with E-state index in [4.69, 9.17) is 4.42 Å². The highest BCUT2D eigenvalue weighted by molar-refractivity contribution is 5.91. The van der Waals surface area contributed by atoms with E-state index in [-0.39, 0.29) is 11.8 Å². The van der Waals surface area contributed by atoms with Crippen molar-refractivity contribution >= 4 is 17.9 Å². The fourth-order valence-corrected chi connectivity index (χ4v) is 4.51. The maximum Gasteiger partial charge on any atom is 0.246 e. The van der Waals surface area contributed by atoms with Crippen molar-refractivity contribution in [3.8, 4) is 0 Å². The summed E-state index contributed by atoms with van der Waals surface area (Å²) in [5.74, 6) is 3.28. The normalized spacial score (nSPS) is 28.1. The lowest BCUT2D eigenvalue weighted by Gasteiger charge is -2.37. The number of piperidine rings is 1. The number of likely N-dealkylation sites (tertiary alicyclic amines) is 1. The van der Waals surface area contributed by atoms with Gasteiger partial charge in [0, 0.05) is 50.8 Å². The van der Waals surface area contributed by atoms with Gasteiger partial charge in [-0.2, -0.15) is 0 Å². The van der Waals surface area contributed by atoms with Crippen molar-refractivity contribution in [3.63, 3.8) is 0 Å². The summed E-state index contributed by atoms with van der Waals surface area (Å²) in [4.78, 5) is 31.2. The molecule has 0 spiro atoms. The third kappa shape index (κ3) is 4.92. The maximum absolute atomic E-state index is 12.6. The molecule has 0 unspecified atom stereocenters. The van der Waals surface area contributed by atoms with Gasteiger partial charge in [-0.1, -0.05) is 6.92 Å². The Kier molecular flexibility index (Phi) is 6.09. The van der Waals surface area contributed by atoms with Gasteiger partial charge in [0.05, 0.1) is 6.54 Å². The lowest BCUT2D eigenvalue weighted by Crippen LogP contribution is -2.52. The zero-order valence-electron chi connectivity index (χ0n) is 17.7. The Labute approximate surface area is 173 Å². The Morgan fingerprint density at radius 3 is 2.55 bits per heavy atom. The van der Waals surface area contributed by atoms with Crippen LogP contribution < -0.4 is 0 Å². The molecule has 6 heteroatoms. The lowest BCUT2D eigenvalue weighted by atomic mass is 10.0. The van der Waals surface area contributed by atoms with Crippen LogP contribution >= 0.6 is 0 Å². The quantitative estimate of drug-likeness (QED) is 0.715. The number of hydrogen-bond donors (Lipinski definition) is 0. The molecule has 6 nitrogen and oxygen atoms in total. The van der Waals surface area contributed by atoms with Crippen molar-refractivity contribution in [2.45, 2.75) is 51.5 Å². The molecule has 1 aromatic heterocycles. The van der Waals surface area contributed by atoms with E-state index in [1.165, 1.54) is 12.8 Å². The average molecular weight is 400 g/mol. The Morgan fingerprint density at radius 2 is 1.86 bits per heavy atom. The minimum atomic E-state index is 0.0124. The predicted octanol–water partition coefficient (Wildman–Crippen LogP) is 2.96. The molecule has 158 valence electrons. The first kappa shape index (κ1) is 20.2. The van der Waals surface area contributed by atoms with Crippen molar-refractivity contribution in [1.82, 2.24) is 14.7 Å². The second kappa shape index (κ2) is 8.74. The Bertz CT molecular complexity index is 763. The number of piperazine rings is 1. The number of amides is 2. The van der Waals surface area contributed by atoms with Gasteiger partial charge >= 0.3 is 0 Å². The minimum Gasteiger partial charge on any atom is -0.461 e. The Morgan fingerprint density at radius 1 is 1.10 bits per heavy atom. The molecule has 1 saturated carbocycles. The van der Waals surface area contributed by atoms with E-state index in [0.717, 1.165) is 44.0 Å². The van der Waals surface area contributed by atoms with Crippen molar-refractivity contribution < 1.29 is 14.0 Å². The van der Waals surface area contributed by atoms with E-state index in [1.54, 1.807) is 12.2 Å². The third-order valence-electron chi connectivity index (χ3n) is 6.68. The minimum absolute atomic E-state index is 0.0124. The van der Waals surface area contributed by atoms with E-state index >= 15 is 0 Å². The van der Waals surface area contributed by atoms with Gasteiger partial charge in [0.25, 0.3) is 0 Å². The molecule has 0 aromatic carbocycles. The summed E-state index contributed by atoms with van der Waals surface area (Å²) in [6.45, 7) is 8.55. The SMILES string of the molecule is C[C@@H]1C[C@@H]1c1ccc(/C=C/C(=O)N2CCN(CC(=O)N3CCCC[C@H]3C)CC2)o1. The number of nitrogens with zero attached hydrogens (tertiary/aromatic N) is 3. The molecule has 1 aromatic rings. The van der Waals surface area contributed by atoms with Crippen LogP contribution in [0.4, 0.5) is 0 Å². The maximum atomic E-state index is 12.6. The molecular weight excluding hydrogens is 366 g/mol. The van der Waals surface area contributed by atoms with Gasteiger partial charge in [-0.25, -0.2) is 0 Å². The largest absolute Gasteiger partial charge is 0.461 e. The zero-order valence-corrected chi connectivity index (χ0v) is 17.7. The molecule has 3 heterocycles. The number of hydrogen-bond acceptors (Lipinski definition) is 4. The molecule has 0 N–H and O–H groups in total. The van der Waals surface area contributed by atoms with Gasteiger partial charge < -0.3 is 14.2 Å². The third-order valence-corrected chi connectivity index (χ3v) is 6.68. The summed E-state index contributed by atoms with van der Waals surface area (Å²) in [7, 11) is 0. The molecule has 3 fully saturated rings. The molecule has 1 aliphatic carbocycles. The smallest absolute Gasteiger partial charge is 0.246 e. The monoisotopic (exact) mass is 399 g/mol. The van der Waals surface area contributed by atoms with Crippen LogP contribution in [-0.4, -0.2) is 71.8 Å². The number of carbonyl (C=O) groups is 2. The van der Waals surface area contributed by atoms with Crippen molar-refractivity contribution in [2.75, 3.05) is 39.3 Å². The first-order valence-electron chi connectivity index (χ1n) is 11.1. The van der Waals surface area contributed by atoms with Crippen LogP contribution in [0.1, 0.15) is 57.0 Å². The highest BCUT2D eigenvalue weighted by Crippen LogP contribution is 2.47. The highest BCUT2D eigenvalue weighted by atomic mass is 16.3. The Hall–Kier alpha value is -2.08. The molecule has 3 aliphatic rings. The number of rotatable bonds is 5. The number of carbonyl (C=O) groups excluding carboxylic acids is 2. The molecule has 3 atom stereocenters. The van der Waals surface area contributed by atoms with Gasteiger partial charge in [0.1, 0.15) is 11.5 Å². The van der Waals surface area contributed by atoms with Crippen LogP contribution in [0.25, 0.3) is 6.08 Å². The van der Waals surface area contributed by atoms with Gasteiger partial charge in [-0.05, 0) is 56.7 Å². The van der Waals surface area contributed by atoms with Crippen molar-refractivity contribution in [2.24, 2.45) is 5.92 Å². The summed E-state index contributed by atoms with van der Waals surface area (Å²) >= 11 is 0. The van der Waals surface area contributed by atoms with E-state index in [0.29, 0.717) is 37.5 Å². The van der Waals surface area contributed by atoms with Gasteiger partial charge in [-0.3, -0.25) is 14.5 Å². The Balaban J connectivity index is 1.22. The lowest BCUT2D eigenvalue weighted by molar-refractivity contribution is -0.136. The molecule has 4 rings (SSSR count). The van der Waals surface area contributed by atoms with Crippen LogP contribution in [-0.2, 0) is 9.59 Å². The van der Waals surface area contributed by atoms with Crippen LogP contribution in [0.15, 0.2) is 22.6 Å². The van der Waals surface area contributed by atoms with E-state index < -0.39 is 0 Å². The summed E-state index contributed by atoms with van der Waals surface area (Å²) in [6.07, 6.45) is 8.01. The van der Waals surface area contributed by atoms with Crippen LogP contribution in [0.5, 0.6) is 0 Å². The molecule has 2 saturated heterocycles.